The van der Waals surface area contributed by atoms with Gasteiger partial charge in [-0.1, -0.05) is 24.3 Å². The molecule has 4 N–H and O–H groups in total. The van der Waals surface area contributed by atoms with Crippen molar-refractivity contribution < 1.29 is 4.79 Å². The average molecular weight is 418 g/mol. The molecule has 1 aliphatic heterocycles. The largest absolute Gasteiger partial charge is 0.369 e. The maximum atomic E-state index is 11.5. The predicted molar refractivity (Wildman–Crippen MR) is 122 cm³/mol. The Morgan fingerprint density at radius 2 is 2.14 bits per heavy atom. The van der Waals surface area contributed by atoms with Crippen LogP contribution in [-0.2, 0) is 17.9 Å². The van der Waals surface area contributed by atoms with Gasteiger partial charge in [0.25, 0.3) is 0 Å². The zero-order valence-corrected chi connectivity index (χ0v) is 18.5. The molecule has 3 rings (SSSR count). The van der Waals surface area contributed by atoms with Crippen LogP contribution in [0.1, 0.15) is 43.2 Å². The lowest BCUT2D eigenvalue weighted by Crippen LogP contribution is -2.42. The quantitative estimate of drug-likeness (QED) is 0.469. The Kier molecular flexibility index (Phi) is 8.24. The van der Waals surface area contributed by atoms with Crippen LogP contribution in [0.25, 0.3) is 0 Å². The molecule has 1 saturated heterocycles. The third-order valence-corrected chi connectivity index (χ3v) is 7.14. The van der Waals surface area contributed by atoms with Crippen LogP contribution >= 0.6 is 11.8 Å². The first-order valence-corrected chi connectivity index (χ1v) is 12.0. The van der Waals surface area contributed by atoms with Gasteiger partial charge in [-0.2, -0.15) is 11.8 Å². The SMILES string of the molecule is CN=C(NCc1cccc(CN2CCCC(C(N)=O)C2)c1)NC1CCC(SC)C1. The summed E-state index contributed by atoms with van der Waals surface area (Å²) in [5.74, 6) is 0.699. The van der Waals surface area contributed by atoms with E-state index in [0.29, 0.717) is 6.04 Å². The Labute approximate surface area is 179 Å². The topological polar surface area (TPSA) is 82.8 Å². The van der Waals surface area contributed by atoms with Gasteiger partial charge in [0.05, 0.1) is 5.92 Å². The summed E-state index contributed by atoms with van der Waals surface area (Å²) in [5, 5.41) is 7.79. The Morgan fingerprint density at radius 1 is 1.31 bits per heavy atom. The van der Waals surface area contributed by atoms with Crippen molar-refractivity contribution in [2.24, 2.45) is 16.6 Å². The standard InChI is InChI=1S/C22H35N5OS/c1-24-22(26-19-8-9-20(12-19)29-2)25-13-16-5-3-6-17(11-16)14-27-10-4-7-18(15-27)21(23)28/h3,5-6,11,18-20H,4,7-10,12-15H2,1-2H3,(H2,23,28)(H2,24,25,26). The van der Waals surface area contributed by atoms with Gasteiger partial charge in [-0.3, -0.25) is 14.7 Å². The first-order chi connectivity index (χ1) is 14.1. The molecule has 1 aromatic rings. The monoisotopic (exact) mass is 417 g/mol. The molecule has 2 fully saturated rings. The van der Waals surface area contributed by atoms with E-state index in [1.165, 1.54) is 30.4 Å². The van der Waals surface area contributed by atoms with Crippen LogP contribution in [0.2, 0.25) is 0 Å². The number of amides is 1. The van der Waals surface area contributed by atoms with E-state index in [9.17, 15) is 4.79 Å². The molecule has 1 aliphatic carbocycles. The second-order valence-corrected chi connectivity index (χ2v) is 9.37. The highest BCUT2D eigenvalue weighted by atomic mass is 32.2. The number of aliphatic imine (C=N–C) groups is 1. The number of likely N-dealkylation sites (tertiary alicyclic amines) is 1. The fraction of sp³-hybridized carbons (Fsp3) is 0.636. The van der Waals surface area contributed by atoms with Gasteiger partial charge in [0, 0.05) is 38.0 Å². The second-order valence-electron chi connectivity index (χ2n) is 8.23. The van der Waals surface area contributed by atoms with Crippen molar-refractivity contribution in [1.29, 1.82) is 0 Å². The van der Waals surface area contributed by atoms with Crippen LogP contribution in [0.3, 0.4) is 0 Å². The van der Waals surface area contributed by atoms with E-state index in [1.807, 2.05) is 18.8 Å². The number of carbonyl (C=O) groups is 1. The van der Waals surface area contributed by atoms with Crippen LogP contribution in [-0.4, -0.2) is 54.5 Å². The van der Waals surface area contributed by atoms with Gasteiger partial charge in [-0.05, 0) is 56.0 Å². The number of nitrogens with zero attached hydrogens (tertiary/aromatic N) is 2. The van der Waals surface area contributed by atoms with Crippen molar-refractivity contribution in [3.05, 3.63) is 35.4 Å². The molecule has 6 nitrogen and oxygen atoms in total. The second kappa shape index (κ2) is 10.9. The summed E-state index contributed by atoms with van der Waals surface area (Å²) in [7, 11) is 1.83. The molecule has 1 aromatic carbocycles. The van der Waals surface area contributed by atoms with Gasteiger partial charge in [0.2, 0.25) is 5.91 Å². The molecule has 7 heteroatoms. The molecular formula is C22H35N5OS. The number of benzene rings is 1. The number of rotatable bonds is 7. The fourth-order valence-electron chi connectivity index (χ4n) is 4.39. The van der Waals surface area contributed by atoms with Gasteiger partial charge < -0.3 is 16.4 Å². The lowest BCUT2D eigenvalue weighted by molar-refractivity contribution is -0.123. The molecule has 0 bridgehead atoms. The lowest BCUT2D eigenvalue weighted by atomic mass is 9.97. The van der Waals surface area contributed by atoms with E-state index >= 15 is 0 Å². The summed E-state index contributed by atoms with van der Waals surface area (Å²) in [4.78, 5) is 18.2. The number of guanidine groups is 1. The van der Waals surface area contributed by atoms with Crippen molar-refractivity contribution in [2.75, 3.05) is 26.4 Å². The molecule has 3 atom stereocenters. The number of thioether (sulfide) groups is 1. The first-order valence-electron chi connectivity index (χ1n) is 10.7. The Balaban J connectivity index is 1.49. The molecule has 0 spiro atoms. The van der Waals surface area contributed by atoms with Gasteiger partial charge >= 0.3 is 0 Å². The molecule has 29 heavy (non-hydrogen) atoms. The average Bonchev–Trinajstić information content (AvgIpc) is 3.19. The fourth-order valence-corrected chi connectivity index (χ4v) is 5.18. The molecule has 2 aliphatic rings. The number of nitrogens with two attached hydrogens (primary N) is 1. The van der Waals surface area contributed by atoms with E-state index in [0.717, 1.165) is 50.2 Å². The molecule has 1 heterocycles. The normalized spacial score (nSPS) is 25.7. The molecule has 3 unspecified atom stereocenters. The van der Waals surface area contributed by atoms with Crippen molar-refractivity contribution >= 4 is 23.6 Å². The van der Waals surface area contributed by atoms with Gasteiger partial charge in [0.1, 0.15) is 0 Å². The highest BCUT2D eigenvalue weighted by molar-refractivity contribution is 7.99. The third kappa shape index (κ3) is 6.64. The number of primary amides is 1. The van der Waals surface area contributed by atoms with Gasteiger partial charge in [-0.25, -0.2) is 0 Å². The number of hydrogen-bond acceptors (Lipinski definition) is 4. The number of carbonyl (C=O) groups excluding carboxylic acids is 1. The van der Waals surface area contributed by atoms with E-state index in [-0.39, 0.29) is 11.8 Å². The van der Waals surface area contributed by atoms with Gasteiger partial charge in [0.15, 0.2) is 5.96 Å². The molecule has 0 aromatic heterocycles. The molecular weight excluding hydrogens is 382 g/mol. The van der Waals surface area contributed by atoms with E-state index < -0.39 is 0 Å². The summed E-state index contributed by atoms with van der Waals surface area (Å²) in [6.07, 6.45) is 7.86. The number of nitrogens with one attached hydrogen (secondary N) is 2. The van der Waals surface area contributed by atoms with Crippen molar-refractivity contribution in [3.63, 3.8) is 0 Å². The summed E-state index contributed by atoms with van der Waals surface area (Å²) in [5.41, 5.74) is 8.02. The third-order valence-electron chi connectivity index (χ3n) is 6.05. The van der Waals surface area contributed by atoms with Crippen molar-refractivity contribution in [2.45, 2.75) is 56.5 Å². The van der Waals surface area contributed by atoms with Crippen LogP contribution < -0.4 is 16.4 Å². The van der Waals surface area contributed by atoms with Crippen molar-refractivity contribution in [1.82, 2.24) is 15.5 Å². The summed E-state index contributed by atoms with van der Waals surface area (Å²) in [6.45, 7) is 3.41. The number of piperidine rings is 1. The summed E-state index contributed by atoms with van der Waals surface area (Å²) >= 11 is 1.97. The number of hydrogen-bond donors (Lipinski definition) is 3. The van der Waals surface area contributed by atoms with Crippen LogP contribution in [0.4, 0.5) is 0 Å². The Bertz CT molecular complexity index is 710. The van der Waals surface area contributed by atoms with Crippen LogP contribution in [0.15, 0.2) is 29.3 Å². The van der Waals surface area contributed by atoms with E-state index in [4.69, 9.17) is 5.73 Å². The maximum Gasteiger partial charge on any atom is 0.221 e. The molecule has 1 saturated carbocycles. The smallest absolute Gasteiger partial charge is 0.221 e. The van der Waals surface area contributed by atoms with Crippen LogP contribution in [0, 0.1) is 5.92 Å². The zero-order chi connectivity index (χ0) is 20.6. The zero-order valence-electron chi connectivity index (χ0n) is 17.7. The Morgan fingerprint density at radius 3 is 2.86 bits per heavy atom. The van der Waals surface area contributed by atoms with Gasteiger partial charge in [-0.15, -0.1) is 0 Å². The van der Waals surface area contributed by atoms with Crippen LogP contribution in [0.5, 0.6) is 0 Å². The molecule has 1 amide bonds. The van der Waals surface area contributed by atoms with E-state index in [2.05, 4.69) is 51.0 Å². The maximum absolute atomic E-state index is 11.5. The Hall–Kier alpha value is -1.73. The molecule has 0 radical (unpaired) electrons. The van der Waals surface area contributed by atoms with Crippen molar-refractivity contribution in [3.8, 4) is 0 Å². The molecule has 160 valence electrons. The lowest BCUT2D eigenvalue weighted by Gasteiger charge is -2.31. The first kappa shape index (κ1) is 22.0. The highest BCUT2D eigenvalue weighted by Crippen LogP contribution is 2.28. The highest BCUT2D eigenvalue weighted by Gasteiger charge is 2.25. The summed E-state index contributed by atoms with van der Waals surface area (Å²) < 4.78 is 0. The minimum Gasteiger partial charge on any atom is -0.369 e. The minimum atomic E-state index is -0.169. The minimum absolute atomic E-state index is 0.00992. The predicted octanol–water partition coefficient (Wildman–Crippen LogP) is 2.33. The van der Waals surface area contributed by atoms with E-state index in [1.54, 1.807) is 0 Å². The summed E-state index contributed by atoms with van der Waals surface area (Å²) in [6, 6.07) is 9.17.